The van der Waals surface area contributed by atoms with Crippen LogP contribution in [0.5, 0.6) is 5.75 Å². The summed E-state index contributed by atoms with van der Waals surface area (Å²) in [6.07, 6.45) is 0. The molecule has 0 unspecified atom stereocenters. The number of phenolic OH excluding ortho intramolecular Hbond substituents is 1. The zero-order chi connectivity index (χ0) is 11.1. The molecule has 1 N–H and O–H groups in total. The van der Waals surface area contributed by atoms with Crippen LogP contribution in [0, 0.1) is 0 Å². The molecule has 1 aromatic carbocycles. The maximum atomic E-state index is 9.70. The third kappa shape index (κ3) is 2.40. The van der Waals surface area contributed by atoms with Gasteiger partial charge in [-0.2, -0.15) is 0 Å². The van der Waals surface area contributed by atoms with Gasteiger partial charge in [-0.3, -0.25) is 0 Å². The first-order valence-corrected chi connectivity index (χ1v) is 5.08. The molecule has 0 fully saturated rings. The molecule has 2 rings (SSSR count). The number of phenols is 1. The Morgan fingerprint density at radius 3 is 2.38 bits per heavy atom. The van der Waals surface area contributed by atoms with E-state index in [1.165, 1.54) is 0 Å². The molecule has 2 aromatic rings. The molecule has 80 valence electrons. The molecule has 0 saturated heterocycles. The number of hydrogen-bond donors (Lipinski definition) is 1. The molecule has 0 atom stereocenters. The van der Waals surface area contributed by atoms with E-state index in [4.69, 9.17) is 0 Å². The van der Waals surface area contributed by atoms with Crippen molar-refractivity contribution in [2.24, 2.45) is 0 Å². The van der Waals surface area contributed by atoms with Crippen LogP contribution in [0.25, 0.3) is 10.9 Å². The predicted molar refractivity (Wildman–Crippen MR) is 69.3 cm³/mol. The van der Waals surface area contributed by atoms with Crippen molar-refractivity contribution in [1.29, 1.82) is 0 Å². The Balaban J connectivity index is 0.00000128. The van der Waals surface area contributed by atoms with E-state index in [0.29, 0.717) is 5.52 Å². The third-order valence-corrected chi connectivity index (χ3v) is 2.47. The van der Waals surface area contributed by atoms with E-state index in [2.05, 4.69) is 25.8 Å². The summed E-state index contributed by atoms with van der Waals surface area (Å²) in [5.74, 6) is 0.249. The van der Waals surface area contributed by atoms with Crippen LogP contribution in [0.1, 0.15) is 26.5 Å². The zero-order valence-electron chi connectivity index (χ0n) is 9.28. The number of hydrogen-bond acceptors (Lipinski definition) is 2. The van der Waals surface area contributed by atoms with Gasteiger partial charge in [0, 0.05) is 16.5 Å². The average Bonchev–Trinajstić information content (AvgIpc) is 2.16. The van der Waals surface area contributed by atoms with Crippen LogP contribution in [0.15, 0.2) is 30.3 Å². The van der Waals surface area contributed by atoms with E-state index in [-0.39, 0.29) is 30.0 Å². The normalized spacial score (nSPS) is 11.2. The molecule has 0 amide bonds. The van der Waals surface area contributed by atoms with E-state index in [1.54, 1.807) is 6.07 Å². The zero-order valence-corrected chi connectivity index (χ0v) is 9.28. The maximum absolute atomic E-state index is 9.70. The molecule has 3 heteroatoms. The Labute approximate surface area is 108 Å². The van der Waals surface area contributed by atoms with Crippen molar-refractivity contribution < 1.29 is 5.11 Å². The summed E-state index contributed by atoms with van der Waals surface area (Å²) < 4.78 is 0. The minimum absolute atomic E-state index is 0. The molecular formula is C13H16LiNO. The second-order valence-electron chi connectivity index (χ2n) is 4.80. The Kier molecular flexibility index (Phi) is 3.67. The van der Waals surface area contributed by atoms with Crippen molar-refractivity contribution in [2.45, 2.75) is 26.2 Å². The third-order valence-electron chi connectivity index (χ3n) is 2.47. The van der Waals surface area contributed by atoms with Gasteiger partial charge in [0.05, 0.1) is 0 Å². The summed E-state index contributed by atoms with van der Waals surface area (Å²) >= 11 is 0. The first-order chi connectivity index (χ1) is 6.98. The van der Waals surface area contributed by atoms with E-state index in [1.807, 2.05) is 24.3 Å². The summed E-state index contributed by atoms with van der Waals surface area (Å²) in [4.78, 5) is 4.50. The van der Waals surface area contributed by atoms with Crippen molar-refractivity contribution in [2.75, 3.05) is 0 Å². The molecule has 1 aromatic heterocycles. The Bertz CT molecular complexity index is 503. The van der Waals surface area contributed by atoms with Gasteiger partial charge >= 0.3 is 18.9 Å². The molecule has 0 spiro atoms. The Hall–Kier alpha value is -0.973. The van der Waals surface area contributed by atoms with Gasteiger partial charge in [0.2, 0.25) is 0 Å². The van der Waals surface area contributed by atoms with Crippen LogP contribution < -0.4 is 0 Å². The van der Waals surface area contributed by atoms with Crippen molar-refractivity contribution in [3.8, 4) is 5.75 Å². The van der Waals surface area contributed by atoms with Crippen LogP contribution in [0.4, 0.5) is 0 Å². The fraction of sp³-hybridized carbons (Fsp3) is 0.308. The molecule has 0 aliphatic rings. The fourth-order valence-electron chi connectivity index (χ4n) is 1.55. The van der Waals surface area contributed by atoms with Crippen LogP contribution in [-0.2, 0) is 5.41 Å². The number of pyridine rings is 1. The van der Waals surface area contributed by atoms with E-state index >= 15 is 0 Å². The van der Waals surface area contributed by atoms with Gasteiger partial charge in [0.25, 0.3) is 0 Å². The van der Waals surface area contributed by atoms with Crippen LogP contribution >= 0.6 is 0 Å². The predicted octanol–water partition coefficient (Wildman–Crippen LogP) is 2.59. The first-order valence-electron chi connectivity index (χ1n) is 5.08. The van der Waals surface area contributed by atoms with E-state index in [0.717, 1.165) is 11.1 Å². The Morgan fingerprint density at radius 2 is 1.75 bits per heavy atom. The van der Waals surface area contributed by atoms with Gasteiger partial charge in [-0.15, -0.1) is 0 Å². The molecule has 16 heavy (non-hydrogen) atoms. The first kappa shape index (κ1) is 13.1. The molecule has 0 aliphatic carbocycles. The average molecular weight is 209 g/mol. The quantitative estimate of drug-likeness (QED) is 0.676. The van der Waals surface area contributed by atoms with Crippen molar-refractivity contribution in [3.05, 3.63) is 36.0 Å². The number of fused-ring (bicyclic) bond motifs is 1. The molecule has 0 bridgehead atoms. The molecular weight excluding hydrogens is 193 g/mol. The van der Waals surface area contributed by atoms with Gasteiger partial charge < -0.3 is 5.11 Å². The summed E-state index contributed by atoms with van der Waals surface area (Å²) in [6.45, 7) is 6.34. The molecule has 0 radical (unpaired) electrons. The minimum atomic E-state index is 0. The van der Waals surface area contributed by atoms with Crippen molar-refractivity contribution in [1.82, 2.24) is 4.98 Å². The second-order valence-corrected chi connectivity index (χ2v) is 4.80. The molecule has 2 nitrogen and oxygen atoms in total. The molecule has 0 saturated carbocycles. The molecule has 0 aliphatic heterocycles. The Morgan fingerprint density at radius 1 is 1.06 bits per heavy atom. The summed E-state index contributed by atoms with van der Waals surface area (Å²) in [5.41, 5.74) is 1.69. The second kappa shape index (κ2) is 4.49. The molecule has 1 heterocycles. The van der Waals surface area contributed by atoms with Crippen LogP contribution in [0.2, 0.25) is 0 Å². The summed E-state index contributed by atoms with van der Waals surface area (Å²) in [5, 5.41) is 10.7. The number of aromatic hydroxyl groups is 1. The summed E-state index contributed by atoms with van der Waals surface area (Å²) in [6, 6.07) is 9.47. The van der Waals surface area contributed by atoms with Gasteiger partial charge in [0.1, 0.15) is 11.3 Å². The van der Waals surface area contributed by atoms with Gasteiger partial charge in [-0.1, -0.05) is 39.0 Å². The topological polar surface area (TPSA) is 33.1 Å². The number of aromatic nitrogens is 1. The van der Waals surface area contributed by atoms with Crippen molar-refractivity contribution in [3.63, 3.8) is 0 Å². The van der Waals surface area contributed by atoms with Crippen LogP contribution in [-0.4, -0.2) is 29.0 Å². The number of nitrogens with zero attached hydrogens (tertiary/aromatic N) is 1. The van der Waals surface area contributed by atoms with Crippen LogP contribution in [0.3, 0.4) is 0 Å². The standard InChI is InChI=1S/C13H15NO.Li.H/c1-13(2,3)11-8-7-9-5-4-6-10(15)12(9)14-11;;/h4-8,15H,1-3H3;;. The number of benzene rings is 1. The SMILES string of the molecule is CC(C)(C)c1ccc2cccc(O)c2n1.[LiH]. The number of para-hydroxylation sites is 1. The number of rotatable bonds is 0. The monoisotopic (exact) mass is 209 g/mol. The van der Waals surface area contributed by atoms with E-state index < -0.39 is 0 Å². The van der Waals surface area contributed by atoms with Crippen molar-refractivity contribution >= 4 is 29.8 Å². The van der Waals surface area contributed by atoms with Gasteiger partial charge in [-0.25, -0.2) is 4.98 Å². The van der Waals surface area contributed by atoms with E-state index in [9.17, 15) is 5.11 Å². The van der Waals surface area contributed by atoms with Gasteiger partial charge in [0.15, 0.2) is 0 Å². The summed E-state index contributed by atoms with van der Waals surface area (Å²) in [7, 11) is 0. The fourth-order valence-corrected chi connectivity index (χ4v) is 1.55. The van der Waals surface area contributed by atoms with Gasteiger partial charge in [-0.05, 0) is 12.1 Å².